The highest BCUT2D eigenvalue weighted by atomic mass is 79.9. The number of nitrogens with zero attached hydrogens (tertiary/aromatic N) is 3. The van der Waals surface area contributed by atoms with Crippen molar-refractivity contribution in [1.29, 1.82) is 0 Å². The zero-order chi connectivity index (χ0) is 32.2. The maximum absolute atomic E-state index is 14.0. The van der Waals surface area contributed by atoms with Gasteiger partial charge in [-0.3, -0.25) is 4.79 Å². The van der Waals surface area contributed by atoms with Crippen LogP contribution in [0.25, 0.3) is 0 Å². The number of piperidine rings is 3. The fraction of sp³-hybridized carbons (Fsp3) is 0.559. The van der Waals surface area contributed by atoms with Crippen LogP contribution in [0.3, 0.4) is 0 Å². The van der Waals surface area contributed by atoms with Gasteiger partial charge in [-0.1, -0.05) is 18.2 Å². The molecule has 0 aliphatic carbocycles. The van der Waals surface area contributed by atoms with Gasteiger partial charge in [0.1, 0.15) is 6.04 Å². The zero-order valence-electron chi connectivity index (χ0n) is 26.3. The van der Waals surface area contributed by atoms with Crippen LogP contribution in [-0.2, 0) is 17.6 Å². The van der Waals surface area contributed by atoms with Crippen molar-refractivity contribution in [2.45, 2.75) is 63.5 Å². The Morgan fingerprint density at radius 1 is 0.891 bits per heavy atom. The highest BCUT2D eigenvalue weighted by Gasteiger charge is 2.35. The maximum atomic E-state index is 14.0. The minimum absolute atomic E-state index is 0.0307. The van der Waals surface area contributed by atoms with Gasteiger partial charge in [0.15, 0.2) is 0 Å². The monoisotopic (exact) mass is 757 g/mol. The largest absolute Gasteiger partial charge is 0.397 e. The topological polar surface area (TPSA) is 123 Å². The molecule has 0 radical (unpaired) electrons. The number of likely N-dealkylation sites (tertiary alicyclic amines) is 2. The zero-order valence-corrected chi connectivity index (χ0v) is 29.5. The van der Waals surface area contributed by atoms with E-state index in [1.165, 1.54) is 12.8 Å². The Labute approximate surface area is 288 Å². The first-order chi connectivity index (χ1) is 22.3. The van der Waals surface area contributed by atoms with Crippen molar-refractivity contribution in [2.24, 2.45) is 11.8 Å². The summed E-state index contributed by atoms with van der Waals surface area (Å²) in [5, 5.41) is 9.64. The van der Waals surface area contributed by atoms with E-state index in [0.717, 1.165) is 77.1 Å². The van der Waals surface area contributed by atoms with Crippen molar-refractivity contribution in [3.8, 4) is 0 Å². The van der Waals surface area contributed by atoms with Crippen LogP contribution < -0.4 is 21.7 Å². The molecular formula is C34H45Br2N7O3. The fourth-order valence-corrected chi connectivity index (χ4v) is 8.96. The standard InChI is InChI=1S/C34H45Br2N7O3/c35-27-19-22(20-28(36)31(27)37)21-30(32(44)41-14-7-24(8-15-41)23-5-12-38-13-6-23)40-33(45)42-16-10-26(11-17-42)43-18-9-25-3-1-2-4-29(25)39-34(43)46/h1-4,19-20,23-24,26,30,38H,5-18,21,37H2,(H,39,46)(H,40,45)/t30-/m1/s1. The smallest absolute Gasteiger partial charge is 0.322 e. The van der Waals surface area contributed by atoms with Gasteiger partial charge in [0.25, 0.3) is 0 Å². The third-order valence-electron chi connectivity index (χ3n) is 10.4. The number of anilines is 2. The molecule has 12 heteroatoms. The van der Waals surface area contributed by atoms with Gasteiger partial charge in [-0.05, 0) is 131 Å². The Kier molecular flexibility index (Phi) is 10.7. The number of benzene rings is 2. The second-order valence-corrected chi connectivity index (χ2v) is 14.9. The summed E-state index contributed by atoms with van der Waals surface area (Å²) >= 11 is 7.06. The van der Waals surface area contributed by atoms with Crippen LogP contribution in [0.4, 0.5) is 21.0 Å². The Balaban J connectivity index is 1.09. The first-order valence-electron chi connectivity index (χ1n) is 16.7. The van der Waals surface area contributed by atoms with E-state index in [4.69, 9.17) is 5.73 Å². The molecule has 5 amide bonds. The second kappa shape index (κ2) is 14.9. The van der Waals surface area contributed by atoms with E-state index in [-0.39, 0.29) is 24.0 Å². The van der Waals surface area contributed by atoms with Crippen molar-refractivity contribution < 1.29 is 14.4 Å². The molecule has 3 saturated heterocycles. The molecule has 0 saturated carbocycles. The molecule has 1 atom stereocenters. The summed E-state index contributed by atoms with van der Waals surface area (Å²) in [6, 6.07) is 10.8. The van der Waals surface area contributed by atoms with E-state index in [2.05, 4.69) is 53.9 Å². The van der Waals surface area contributed by atoms with Gasteiger partial charge in [-0.2, -0.15) is 0 Å². The van der Waals surface area contributed by atoms with Crippen LogP contribution in [0.5, 0.6) is 0 Å². The lowest BCUT2D eigenvalue weighted by Gasteiger charge is -2.40. The molecule has 6 rings (SSSR count). The Hall–Kier alpha value is -2.83. The summed E-state index contributed by atoms with van der Waals surface area (Å²) in [7, 11) is 0. The molecule has 248 valence electrons. The van der Waals surface area contributed by atoms with Crippen LogP contribution in [0, 0.1) is 11.8 Å². The molecule has 4 aliphatic heterocycles. The molecule has 0 bridgehead atoms. The lowest BCUT2D eigenvalue weighted by atomic mass is 9.79. The summed E-state index contributed by atoms with van der Waals surface area (Å²) in [6.07, 6.45) is 7.00. The normalized spacial score (nSPS) is 20.9. The SMILES string of the molecule is Nc1c(Br)cc(C[C@@H](NC(=O)N2CCC(N3CCc4ccccc4NC3=O)CC2)C(=O)N2CCC(C3CCNCC3)CC2)cc1Br. The number of nitrogen functional groups attached to an aromatic ring is 1. The van der Waals surface area contributed by atoms with Gasteiger partial charge in [-0.25, -0.2) is 9.59 Å². The van der Waals surface area contributed by atoms with Gasteiger partial charge < -0.3 is 36.4 Å². The summed E-state index contributed by atoms with van der Waals surface area (Å²) in [6.45, 7) is 5.31. The summed E-state index contributed by atoms with van der Waals surface area (Å²) in [4.78, 5) is 46.5. The number of urea groups is 2. The fourth-order valence-electron chi connectivity index (χ4n) is 7.68. The average Bonchev–Trinajstić information content (AvgIpc) is 3.25. The van der Waals surface area contributed by atoms with E-state index in [1.807, 2.05) is 40.1 Å². The van der Waals surface area contributed by atoms with Crippen LogP contribution in [-0.4, -0.2) is 90.6 Å². The van der Waals surface area contributed by atoms with Crippen LogP contribution in [0.2, 0.25) is 0 Å². The van der Waals surface area contributed by atoms with E-state index >= 15 is 0 Å². The number of fused-ring (bicyclic) bond motifs is 1. The van der Waals surface area contributed by atoms with Crippen molar-refractivity contribution in [3.63, 3.8) is 0 Å². The predicted molar refractivity (Wildman–Crippen MR) is 188 cm³/mol. The molecule has 4 aliphatic rings. The maximum Gasteiger partial charge on any atom is 0.322 e. The molecular weight excluding hydrogens is 714 g/mol. The van der Waals surface area contributed by atoms with E-state index < -0.39 is 6.04 Å². The predicted octanol–water partition coefficient (Wildman–Crippen LogP) is 5.21. The van der Waals surface area contributed by atoms with Crippen LogP contribution >= 0.6 is 31.9 Å². The Morgan fingerprint density at radius 3 is 2.22 bits per heavy atom. The van der Waals surface area contributed by atoms with Gasteiger partial charge in [0, 0.05) is 59.8 Å². The van der Waals surface area contributed by atoms with E-state index in [1.54, 1.807) is 4.90 Å². The first kappa shape index (κ1) is 33.1. The Morgan fingerprint density at radius 2 is 1.52 bits per heavy atom. The molecule has 0 spiro atoms. The van der Waals surface area contributed by atoms with Crippen LogP contribution in [0.15, 0.2) is 45.3 Å². The number of amides is 5. The minimum Gasteiger partial charge on any atom is -0.397 e. The molecule has 0 unspecified atom stereocenters. The van der Waals surface area contributed by atoms with E-state index in [0.29, 0.717) is 50.5 Å². The number of carbonyl (C=O) groups excluding carboxylic acids is 3. The number of halogens is 2. The molecule has 4 heterocycles. The van der Waals surface area contributed by atoms with Crippen LogP contribution in [0.1, 0.15) is 49.7 Å². The van der Waals surface area contributed by atoms with E-state index in [9.17, 15) is 14.4 Å². The molecule has 2 aromatic carbocycles. The summed E-state index contributed by atoms with van der Waals surface area (Å²) < 4.78 is 1.50. The molecule has 10 nitrogen and oxygen atoms in total. The summed E-state index contributed by atoms with van der Waals surface area (Å²) in [5.74, 6) is 1.36. The average molecular weight is 760 g/mol. The number of hydrogen-bond acceptors (Lipinski definition) is 5. The number of nitrogens with two attached hydrogens (primary N) is 1. The highest BCUT2D eigenvalue weighted by Crippen LogP contribution is 2.33. The molecule has 46 heavy (non-hydrogen) atoms. The number of hydrogen-bond donors (Lipinski definition) is 4. The quantitative estimate of drug-likeness (QED) is 0.302. The lowest BCUT2D eigenvalue weighted by Crippen LogP contribution is -2.57. The number of carbonyl (C=O) groups is 3. The van der Waals surface area contributed by atoms with Crippen molar-refractivity contribution in [3.05, 3.63) is 56.5 Å². The van der Waals surface area contributed by atoms with Gasteiger partial charge >= 0.3 is 12.1 Å². The lowest BCUT2D eigenvalue weighted by molar-refractivity contribution is -0.135. The van der Waals surface area contributed by atoms with Crippen molar-refractivity contribution in [2.75, 3.05) is 56.9 Å². The molecule has 2 aromatic rings. The van der Waals surface area contributed by atoms with Crippen molar-refractivity contribution >= 4 is 61.2 Å². The van der Waals surface area contributed by atoms with Crippen molar-refractivity contribution in [1.82, 2.24) is 25.3 Å². The number of rotatable bonds is 6. The highest BCUT2D eigenvalue weighted by molar-refractivity contribution is 9.11. The molecule has 3 fully saturated rings. The number of nitrogens with one attached hydrogen (secondary N) is 3. The van der Waals surface area contributed by atoms with Gasteiger partial charge in [-0.15, -0.1) is 0 Å². The number of para-hydroxylation sites is 1. The van der Waals surface area contributed by atoms with Gasteiger partial charge in [0.05, 0.1) is 5.69 Å². The van der Waals surface area contributed by atoms with Gasteiger partial charge in [0.2, 0.25) is 5.91 Å². The second-order valence-electron chi connectivity index (χ2n) is 13.2. The molecule has 0 aromatic heterocycles. The summed E-state index contributed by atoms with van der Waals surface area (Å²) in [5.41, 5.74) is 9.65. The Bertz CT molecular complexity index is 1400. The third-order valence-corrected chi connectivity index (χ3v) is 11.7. The third kappa shape index (κ3) is 7.65. The molecule has 5 N–H and O–H groups in total. The minimum atomic E-state index is -0.696. The first-order valence-corrected chi connectivity index (χ1v) is 18.3.